The Morgan fingerprint density at radius 1 is 1.43 bits per heavy atom. The first-order chi connectivity index (χ1) is 9.79. The van der Waals surface area contributed by atoms with Crippen LogP contribution in [0.1, 0.15) is 41.8 Å². The molecule has 0 atom stereocenters. The molecule has 0 spiro atoms. The molecule has 1 heterocycles. The van der Waals surface area contributed by atoms with Crippen LogP contribution in [0.4, 0.5) is 5.69 Å². The molecule has 112 valence electrons. The van der Waals surface area contributed by atoms with Gasteiger partial charge in [-0.2, -0.15) is 0 Å². The number of hydrogen-bond donors (Lipinski definition) is 1. The average molecular weight is 325 g/mol. The van der Waals surface area contributed by atoms with Crippen molar-refractivity contribution in [3.63, 3.8) is 0 Å². The van der Waals surface area contributed by atoms with Gasteiger partial charge in [0, 0.05) is 16.5 Å². The van der Waals surface area contributed by atoms with Gasteiger partial charge in [0.15, 0.2) is 0 Å². The number of rotatable bonds is 3. The van der Waals surface area contributed by atoms with E-state index in [9.17, 15) is 4.79 Å². The van der Waals surface area contributed by atoms with E-state index in [1.165, 1.54) is 11.3 Å². The van der Waals surface area contributed by atoms with E-state index in [0.29, 0.717) is 5.69 Å². The van der Waals surface area contributed by atoms with Gasteiger partial charge in [-0.25, -0.2) is 9.78 Å². The Hall–Kier alpha value is -1.59. The Labute approximate surface area is 132 Å². The molecule has 0 fully saturated rings. The van der Waals surface area contributed by atoms with Crippen molar-refractivity contribution >= 4 is 34.6 Å². The highest BCUT2D eigenvalue weighted by Crippen LogP contribution is 2.26. The molecule has 0 saturated heterocycles. The van der Waals surface area contributed by atoms with Crippen molar-refractivity contribution < 1.29 is 9.53 Å². The largest absolute Gasteiger partial charge is 0.455 e. The fourth-order valence-electron chi connectivity index (χ4n) is 1.68. The molecule has 1 aromatic carbocycles. The van der Waals surface area contributed by atoms with Crippen LogP contribution < -0.4 is 5.73 Å². The van der Waals surface area contributed by atoms with Crippen LogP contribution in [0.25, 0.3) is 0 Å². The molecule has 0 radical (unpaired) electrons. The maximum absolute atomic E-state index is 12.1. The van der Waals surface area contributed by atoms with Gasteiger partial charge in [-0.05, 0) is 12.1 Å². The number of nitrogen functional groups attached to an aromatic ring is 1. The first kappa shape index (κ1) is 15.8. The Balaban J connectivity index is 2.06. The fraction of sp³-hybridized carbons (Fsp3) is 0.333. The molecule has 1 aromatic heterocycles. The second kappa shape index (κ2) is 6.03. The molecule has 0 aliphatic rings. The third kappa shape index (κ3) is 3.74. The van der Waals surface area contributed by atoms with Gasteiger partial charge < -0.3 is 10.5 Å². The zero-order chi connectivity index (χ0) is 15.6. The van der Waals surface area contributed by atoms with Crippen molar-refractivity contribution in [3.05, 3.63) is 44.9 Å². The molecule has 2 aromatic rings. The summed E-state index contributed by atoms with van der Waals surface area (Å²) in [6, 6.07) is 4.91. The number of anilines is 1. The molecule has 0 aliphatic heterocycles. The molecule has 6 heteroatoms. The number of aromatic nitrogens is 1. The highest BCUT2D eigenvalue weighted by molar-refractivity contribution is 7.09. The zero-order valence-electron chi connectivity index (χ0n) is 12.1. The minimum absolute atomic E-state index is 0.0219. The summed E-state index contributed by atoms with van der Waals surface area (Å²) in [6.07, 6.45) is 0. The summed E-state index contributed by atoms with van der Waals surface area (Å²) in [5.41, 5.74) is 7.22. The molecule has 0 bridgehead atoms. The summed E-state index contributed by atoms with van der Waals surface area (Å²) in [5.74, 6) is -0.536. The monoisotopic (exact) mass is 324 g/mol. The SMILES string of the molecule is CC(C)(C)c1csc(COC(=O)c2c(N)cccc2Cl)n1. The predicted molar refractivity (Wildman–Crippen MR) is 85.8 cm³/mol. The number of halogens is 1. The van der Waals surface area contributed by atoms with E-state index in [-0.39, 0.29) is 22.6 Å². The molecule has 0 unspecified atom stereocenters. The standard InChI is InChI=1S/C15H17ClN2O2S/c1-15(2,3)11-8-21-12(18-11)7-20-14(19)13-9(16)5-4-6-10(13)17/h4-6,8H,7,17H2,1-3H3. The Kier molecular flexibility index (Phi) is 4.54. The van der Waals surface area contributed by atoms with Gasteiger partial charge in [-0.3, -0.25) is 0 Å². The molecule has 0 saturated carbocycles. The number of thiazole rings is 1. The predicted octanol–water partition coefficient (Wildman–Crippen LogP) is 4.03. The summed E-state index contributed by atoms with van der Waals surface area (Å²) in [7, 11) is 0. The lowest BCUT2D eigenvalue weighted by Gasteiger charge is -2.14. The van der Waals surface area contributed by atoms with Crippen LogP contribution in [0.15, 0.2) is 23.6 Å². The number of hydrogen-bond acceptors (Lipinski definition) is 5. The quantitative estimate of drug-likeness (QED) is 0.683. The molecular weight excluding hydrogens is 308 g/mol. The summed E-state index contributed by atoms with van der Waals surface area (Å²) < 4.78 is 5.25. The lowest BCUT2D eigenvalue weighted by molar-refractivity contribution is 0.0473. The van der Waals surface area contributed by atoms with Crippen LogP contribution >= 0.6 is 22.9 Å². The van der Waals surface area contributed by atoms with Gasteiger partial charge >= 0.3 is 5.97 Å². The molecule has 21 heavy (non-hydrogen) atoms. The number of esters is 1. The van der Waals surface area contributed by atoms with Crippen LogP contribution in [0.5, 0.6) is 0 Å². The van der Waals surface area contributed by atoms with Gasteiger partial charge in [0.2, 0.25) is 0 Å². The Bertz CT molecular complexity index is 642. The summed E-state index contributed by atoms with van der Waals surface area (Å²) in [4.78, 5) is 16.5. The second-order valence-electron chi connectivity index (χ2n) is 5.66. The first-order valence-electron chi connectivity index (χ1n) is 6.45. The number of nitrogens with two attached hydrogens (primary N) is 1. The van der Waals surface area contributed by atoms with Crippen molar-refractivity contribution in [2.24, 2.45) is 0 Å². The normalized spacial score (nSPS) is 11.4. The van der Waals surface area contributed by atoms with Gasteiger partial charge in [0.25, 0.3) is 0 Å². The number of benzene rings is 1. The van der Waals surface area contributed by atoms with Crippen LogP contribution in [0.3, 0.4) is 0 Å². The van der Waals surface area contributed by atoms with E-state index in [2.05, 4.69) is 25.8 Å². The summed E-state index contributed by atoms with van der Waals surface area (Å²) in [6.45, 7) is 6.37. The topological polar surface area (TPSA) is 65.2 Å². The second-order valence-corrected chi connectivity index (χ2v) is 7.01. The highest BCUT2D eigenvalue weighted by atomic mass is 35.5. The number of ether oxygens (including phenoxy) is 1. The van der Waals surface area contributed by atoms with Crippen molar-refractivity contribution in [1.29, 1.82) is 0 Å². The molecule has 0 aliphatic carbocycles. The van der Waals surface area contributed by atoms with Crippen LogP contribution in [-0.2, 0) is 16.8 Å². The van der Waals surface area contributed by atoms with E-state index in [1.807, 2.05) is 5.38 Å². The smallest absolute Gasteiger partial charge is 0.342 e. The Morgan fingerprint density at radius 2 is 2.14 bits per heavy atom. The summed E-state index contributed by atoms with van der Waals surface area (Å²) in [5, 5.41) is 3.01. The lowest BCUT2D eigenvalue weighted by atomic mass is 9.93. The van der Waals surface area contributed by atoms with Gasteiger partial charge in [-0.1, -0.05) is 38.4 Å². The highest BCUT2D eigenvalue weighted by Gasteiger charge is 2.19. The van der Waals surface area contributed by atoms with E-state index < -0.39 is 5.97 Å². The zero-order valence-corrected chi connectivity index (χ0v) is 13.7. The Morgan fingerprint density at radius 3 is 2.71 bits per heavy atom. The molecule has 4 nitrogen and oxygen atoms in total. The van der Waals surface area contributed by atoms with Crippen molar-refractivity contribution in [2.45, 2.75) is 32.8 Å². The van der Waals surface area contributed by atoms with Crippen molar-refractivity contribution in [1.82, 2.24) is 4.98 Å². The van der Waals surface area contributed by atoms with Crippen LogP contribution in [0.2, 0.25) is 5.02 Å². The minimum Gasteiger partial charge on any atom is -0.455 e. The number of nitrogens with zero attached hydrogens (tertiary/aromatic N) is 1. The number of carbonyl (C=O) groups excluding carboxylic acids is 1. The maximum atomic E-state index is 12.1. The van der Waals surface area contributed by atoms with Gasteiger partial charge in [-0.15, -0.1) is 11.3 Å². The molecule has 2 N–H and O–H groups in total. The van der Waals surface area contributed by atoms with E-state index >= 15 is 0 Å². The van der Waals surface area contributed by atoms with E-state index in [0.717, 1.165) is 10.7 Å². The molecular formula is C15H17ClN2O2S. The third-order valence-electron chi connectivity index (χ3n) is 2.90. The van der Waals surface area contributed by atoms with Crippen molar-refractivity contribution in [2.75, 3.05) is 5.73 Å². The first-order valence-corrected chi connectivity index (χ1v) is 7.71. The van der Waals surface area contributed by atoms with E-state index in [1.54, 1.807) is 18.2 Å². The van der Waals surface area contributed by atoms with E-state index in [4.69, 9.17) is 22.1 Å². The average Bonchev–Trinajstić information content (AvgIpc) is 2.84. The molecule has 2 rings (SSSR count). The lowest BCUT2D eigenvalue weighted by Crippen LogP contribution is -2.12. The third-order valence-corrected chi connectivity index (χ3v) is 4.03. The molecule has 0 amide bonds. The van der Waals surface area contributed by atoms with Gasteiger partial charge in [0.05, 0.1) is 10.7 Å². The van der Waals surface area contributed by atoms with Crippen LogP contribution in [-0.4, -0.2) is 11.0 Å². The summed E-state index contributed by atoms with van der Waals surface area (Å²) >= 11 is 7.45. The number of carbonyl (C=O) groups is 1. The fourth-order valence-corrected chi connectivity index (χ4v) is 2.87. The van der Waals surface area contributed by atoms with Crippen molar-refractivity contribution in [3.8, 4) is 0 Å². The minimum atomic E-state index is -0.536. The van der Waals surface area contributed by atoms with Crippen LogP contribution in [0, 0.1) is 0 Å². The maximum Gasteiger partial charge on any atom is 0.342 e. The van der Waals surface area contributed by atoms with Gasteiger partial charge in [0.1, 0.15) is 17.2 Å².